The number of rotatable bonds is 8. The second-order valence-electron chi connectivity index (χ2n) is 7.07. The number of halogens is 1. The number of carbonyl (C=O) groups excluding carboxylic acids is 1. The first-order valence-electron chi connectivity index (χ1n) is 9.65. The molecule has 0 aliphatic carbocycles. The van der Waals surface area contributed by atoms with Crippen molar-refractivity contribution in [2.75, 3.05) is 26.3 Å². The normalized spacial score (nSPS) is 17.3. The second kappa shape index (κ2) is 10.5. The van der Waals surface area contributed by atoms with Crippen LogP contribution in [0.15, 0.2) is 48.5 Å². The van der Waals surface area contributed by atoms with E-state index in [2.05, 4.69) is 29.3 Å². The zero-order chi connectivity index (χ0) is 19.8. The highest BCUT2D eigenvalue weighted by Crippen LogP contribution is 2.15. The third-order valence-electron chi connectivity index (χ3n) is 4.62. The molecule has 3 rings (SSSR count). The predicted octanol–water partition coefficient (Wildman–Crippen LogP) is 3.65. The summed E-state index contributed by atoms with van der Waals surface area (Å²) in [6, 6.07) is 15.5. The zero-order valence-electron chi connectivity index (χ0n) is 16.2. The van der Waals surface area contributed by atoms with Crippen LogP contribution in [0.4, 0.5) is 0 Å². The standard InChI is InChI=1S/C22H27ClN2O3/c1-17-15-25(10-12-27-17)16-19-4-2-3-18(13-19)14-24-22(26)9-11-28-21-7-5-20(23)6-8-21/h2-8,13,17H,9-12,14-16H2,1H3,(H,24,26). The largest absolute Gasteiger partial charge is 0.493 e. The van der Waals surface area contributed by atoms with Gasteiger partial charge in [-0.05, 0) is 42.3 Å². The van der Waals surface area contributed by atoms with Gasteiger partial charge in [-0.3, -0.25) is 9.69 Å². The van der Waals surface area contributed by atoms with Gasteiger partial charge < -0.3 is 14.8 Å². The molecule has 1 atom stereocenters. The predicted molar refractivity (Wildman–Crippen MR) is 111 cm³/mol. The van der Waals surface area contributed by atoms with Gasteiger partial charge in [-0.2, -0.15) is 0 Å². The van der Waals surface area contributed by atoms with Crippen LogP contribution in [-0.2, 0) is 22.6 Å². The fourth-order valence-electron chi connectivity index (χ4n) is 3.21. The molecule has 5 nitrogen and oxygen atoms in total. The van der Waals surface area contributed by atoms with Crippen molar-refractivity contribution < 1.29 is 14.3 Å². The number of hydrogen-bond donors (Lipinski definition) is 1. The molecule has 0 bridgehead atoms. The number of morpholine rings is 1. The molecule has 0 spiro atoms. The Balaban J connectivity index is 1.40. The fraction of sp³-hybridized carbons (Fsp3) is 0.409. The van der Waals surface area contributed by atoms with Crippen molar-refractivity contribution >= 4 is 17.5 Å². The molecule has 0 aromatic heterocycles. The first-order chi connectivity index (χ1) is 13.6. The molecule has 28 heavy (non-hydrogen) atoms. The van der Waals surface area contributed by atoms with Crippen LogP contribution in [0.3, 0.4) is 0 Å². The van der Waals surface area contributed by atoms with Crippen molar-refractivity contribution in [2.45, 2.75) is 32.5 Å². The van der Waals surface area contributed by atoms with Gasteiger partial charge in [-0.15, -0.1) is 0 Å². The van der Waals surface area contributed by atoms with Crippen molar-refractivity contribution in [3.05, 3.63) is 64.7 Å². The Bertz CT molecular complexity index is 767. The van der Waals surface area contributed by atoms with Gasteiger partial charge in [0.05, 0.1) is 25.7 Å². The maximum absolute atomic E-state index is 12.1. The van der Waals surface area contributed by atoms with Crippen LogP contribution in [0, 0.1) is 0 Å². The molecule has 1 amide bonds. The van der Waals surface area contributed by atoms with Gasteiger partial charge in [-0.1, -0.05) is 35.9 Å². The van der Waals surface area contributed by atoms with Crippen molar-refractivity contribution in [2.24, 2.45) is 0 Å². The van der Waals surface area contributed by atoms with Crippen molar-refractivity contribution in [3.63, 3.8) is 0 Å². The van der Waals surface area contributed by atoms with Gasteiger partial charge in [0.25, 0.3) is 0 Å². The smallest absolute Gasteiger partial charge is 0.223 e. The van der Waals surface area contributed by atoms with E-state index in [1.54, 1.807) is 24.3 Å². The van der Waals surface area contributed by atoms with Gasteiger partial charge in [-0.25, -0.2) is 0 Å². The summed E-state index contributed by atoms with van der Waals surface area (Å²) in [5.41, 5.74) is 2.36. The number of nitrogens with zero attached hydrogens (tertiary/aromatic N) is 1. The molecule has 6 heteroatoms. The SMILES string of the molecule is CC1CN(Cc2cccc(CNC(=O)CCOc3ccc(Cl)cc3)c2)CCO1. The molecule has 1 aliphatic rings. The van der Waals surface area contributed by atoms with E-state index in [0.29, 0.717) is 30.3 Å². The van der Waals surface area contributed by atoms with Gasteiger partial charge in [0.2, 0.25) is 5.91 Å². The minimum atomic E-state index is -0.0265. The maximum atomic E-state index is 12.1. The Kier molecular flexibility index (Phi) is 7.71. The first kappa shape index (κ1) is 20.6. The monoisotopic (exact) mass is 402 g/mol. The summed E-state index contributed by atoms with van der Waals surface area (Å²) >= 11 is 5.84. The highest BCUT2D eigenvalue weighted by molar-refractivity contribution is 6.30. The zero-order valence-corrected chi connectivity index (χ0v) is 17.0. The molecule has 2 aromatic carbocycles. The molecule has 1 fully saturated rings. The van der Waals surface area contributed by atoms with Crippen LogP contribution in [0.5, 0.6) is 5.75 Å². The molecule has 1 N–H and O–H groups in total. The summed E-state index contributed by atoms with van der Waals surface area (Å²) < 4.78 is 11.2. The Morgan fingerprint density at radius 3 is 2.82 bits per heavy atom. The van der Waals surface area contributed by atoms with E-state index in [1.807, 2.05) is 12.1 Å². The first-order valence-corrected chi connectivity index (χ1v) is 10.0. The lowest BCUT2D eigenvalue weighted by molar-refractivity contribution is -0.121. The molecular formula is C22H27ClN2O3. The lowest BCUT2D eigenvalue weighted by atomic mass is 10.1. The number of benzene rings is 2. The number of ether oxygens (including phenoxy) is 2. The van der Waals surface area contributed by atoms with Crippen LogP contribution in [0.1, 0.15) is 24.5 Å². The minimum Gasteiger partial charge on any atom is -0.493 e. The lowest BCUT2D eigenvalue weighted by Gasteiger charge is -2.31. The average molecular weight is 403 g/mol. The quantitative estimate of drug-likeness (QED) is 0.732. The molecule has 1 heterocycles. The van der Waals surface area contributed by atoms with Crippen LogP contribution in [0.25, 0.3) is 0 Å². The number of amides is 1. The summed E-state index contributed by atoms with van der Waals surface area (Å²) in [5.74, 6) is 0.684. The summed E-state index contributed by atoms with van der Waals surface area (Å²) in [5, 5.41) is 3.62. The van der Waals surface area contributed by atoms with E-state index in [-0.39, 0.29) is 12.0 Å². The van der Waals surface area contributed by atoms with Crippen molar-refractivity contribution in [1.82, 2.24) is 10.2 Å². The van der Waals surface area contributed by atoms with E-state index in [9.17, 15) is 4.79 Å². The summed E-state index contributed by atoms with van der Waals surface area (Å²) in [6.45, 7) is 6.57. The van der Waals surface area contributed by atoms with E-state index in [1.165, 1.54) is 5.56 Å². The third-order valence-corrected chi connectivity index (χ3v) is 4.88. The molecule has 2 aromatic rings. The Labute approximate surface area is 171 Å². The Morgan fingerprint density at radius 1 is 1.25 bits per heavy atom. The van der Waals surface area contributed by atoms with Crippen LogP contribution in [-0.4, -0.2) is 43.2 Å². The van der Waals surface area contributed by atoms with Crippen LogP contribution in [0.2, 0.25) is 5.02 Å². The number of nitrogens with one attached hydrogen (secondary N) is 1. The third kappa shape index (κ3) is 6.82. The molecule has 1 unspecified atom stereocenters. The molecule has 150 valence electrons. The van der Waals surface area contributed by atoms with Crippen LogP contribution < -0.4 is 10.1 Å². The summed E-state index contributed by atoms with van der Waals surface area (Å²) in [6.07, 6.45) is 0.597. The highest BCUT2D eigenvalue weighted by Gasteiger charge is 2.16. The van der Waals surface area contributed by atoms with E-state index in [0.717, 1.165) is 31.8 Å². The molecule has 0 saturated carbocycles. The van der Waals surface area contributed by atoms with E-state index < -0.39 is 0 Å². The fourth-order valence-corrected chi connectivity index (χ4v) is 3.34. The Hall–Kier alpha value is -2.08. The number of hydrogen-bond acceptors (Lipinski definition) is 4. The minimum absolute atomic E-state index is 0.0265. The lowest BCUT2D eigenvalue weighted by Crippen LogP contribution is -2.40. The molecular weight excluding hydrogens is 376 g/mol. The molecule has 1 saturated heterocycles. The summed E-state index contributed by atoms with van der Waals surface area (Å²) in [4.78, 5) is 14.5. The van der Waals surface area contributed by atoms with Gasteiger partial charge >= 0.3 is 0 Å². The van der Waals surface area contributed by atoms with E-state index >= 15 is 0 Å². The van der Waals surface area contributed by atoms with Crippen LogP contribution >= 0.6 is 11.6 Å². The Morgan fingerprint density at radius 2 is 2.04 bits per heavy atom. The maximum Gasteiger partial charge on any atom is 0.223 e. The second-order valence-corrected chi connectivity index (χ2v) is 7.50. The highest BCUT2D eigenvalue weighted by atomic mass is 35.5. The average Bonchev–Trinajstić information content (AvgIpc) is 2.68. The molecule has 0 radical (unpaired) electrons. The van der Waals surface area contributed by atoms with E-state index in [4.69, 9.17) is 21.1 Å². The van der Waals surface area contributed by atoms with Gasteiger partial charge in [0.1, 0.15) is 5.75 Å². The van der Waals surface area contributed by atoms with Gasteiger partial charge in [0.15, 0.2) is 0 Å². The summed E-state index contributed by atoms with van der Waals surface area (Å²) in [7, 11) is 0. The van der Waals surface area contributed by atoms with Crippen molar-refractivity contribution in [3.8, 4) is 5.75 Å². The number of carbonyl (C=O) groups is 1. The molecule has 1 aliphatic heterocycles. The van der Waals surface area contributed by atoms with Crippen molar-refractivity contribution in [1.29, 1.82) is 0 Å². The van der Waals surface area contributed by atoms with Gasteiger partial charge in [0, 0.05) is 31.2 Å². The topological polar surface area (TPSA) is 50.8 Å².